The molecular formula is C20H21BrO3. The molecule has 0 aromatic heterocycles. The number of carbonyl (C=O) groups is 1. The van der Waals surface area contributed by atoms with E-state index < -0.39 is 0 Å². The molecule has 0 unspecified atom stereocenters. The summed E-state index contributed by atoms with van der Waals surface area (Å²) in [7, 11) is 1.49. The van der Waals surface area contributed by atoms with Crippen molar-refractivity contribution in [3.8, 4) is 11.5 Å². The molecule has 0 spiro atoms. The van der Waals surface area contributed by atoms with Crippen LogP contribution in [-0.4, -0.2) is 18.0 Å². The van der Waals surface area contributed by atoms with E-state index >= 15 is 0 Å². The summed E-state index contributed by atoms with van der Waals surface area (Å²) in [6, 6.07) is 10.9. The Labute approximate surface area is 151 Å². The molecule has 2 aromatic rings. The van der Waals surface area contributed by atoms with Gasteiger partial charge in [-0.15, -0.1) is 0 Å². The standard InChI is InChI=1S/C20H21BrO3/c1-20(2,3)15-8-5-13(6-9-15)17(22)10-7-14-11-18(23)19(24-4)12-16(14)21/h5-12,23H,1-4H3/b10-7+. The van der Waals surface area contributed by atoms with Gasteiger partial charge in [0.05, 0.1) is 7.11 Å². The van der Waals surface area contributed by atoms with Gasteiger partial charge in [-0.25, -0.2) is 0 Å². The van der Waals surface area contributed by atoms with Gasteiger partial charge in [-0.1, -0.05) is 61.0 Å². The predicted molar refractivity (Wildman–Crippen MR) is 101 cm³/mol. The number of ketones is 1. The first-order valence-electron chi connectivity index (χ1n) is 7.62. The van der Waals surface area contributed by atoms with Crippen molar-refractivity contribution in [2.24, 2.45) is 0 Å². The number of aromatic hydroxyl groups is 1. The SMILES string of the molecule is COc1cc(Br)c(/C=C/C(=O)c2ccc(C(C)(C)C)cc2)cc1O. The number of rotatable bonds is 4. The van der Waals surface area contributed by atoms with Crippen molar-refractivity contribution in [1.29, 1.82) is 0 Å². The average Bonchev–Trinajstić information content (AvgIpc) is 2.54. The van der Waals surface area contributed by atoms with Crippen LogP contribution < -0.4 is 4.74 Å². The van der Waals surface area contributed by atoms with E-state index in [4.69, 9.17) is 4.74 Å². The first-order chi connectivity index (χ1) is 11.2. The molecule has 0 fully saturated rings. The Hall–Kier alpha value is -2.07. The van der Waals surface area contributed by atoms with Crippen LogP contribution in [-0.2, 0) is 5.41 Å². The zero-order valence-electron chi connectivity index (χ0n) is 14.3. The van der Waals surface area contributed by atoms with E-state index in [-0.39, 0.29) is 16.9 Å². The van der Waals surface area contributed by atoms with Gasteiger partial charge in [0.15, 0.2) is 17.3 Å². The van der Waals surface area contributed by atoms with Gasteiger partial charge in [0, 0.05) is 10.0 Å². The number of hydrogen-bond donors (Lipinski definition) is 1. The third-order valence-corrected chi connectivity index (χ3v) is 4.43. The number of benzene rings is 2. The molecule has 2 rings (SSSR count). The Morgan fingerprint density at radius 1 is 1.17 bits per heavy atom. The Balaban J connectivity index is 2.20. The number of phenols is 1. The van der Waals surface area contributed by atoms with Crippen LogP contribution in [0.2, 0.25) is 0 Å². The minimum atomic E-state index is -0.0855. The number of phenolic OH excluding ortho intramolecular Hbond substituents is 1. The zero-order chi connectivity index (χ0) is 17.9. The molecule has 0 atom stereocenters. The van der Waals surface area contributed by atoms with E-state index in [0.717, 1.165) is 4.47 Å². The van der Waals surface area contributed by atoms with Crippen LogP contribution in [0.1, 0.15) is 42.3 Å². The smallest absolute Gasteiger partial charge is 0.185 e. The Bertz CT molecular complexity index is 769. The van der Waals surface area contributed by atoms with Gasteiger partial charge in [-0.05, 0) is 40.8 Å². The molecule has 0 heterocycles. The van der Waals surface area contributed by atoms with Gasteiger partial charge < -0.3 is 9.84 Å². The van der Waals surface area contributed by atoms with Gasteiger partial charge in [0.2, 0.25) is 0 Å². The monoisotopic (exact) mass is 388 g/mol. The lowest BCUT2D eigenvalue weighted by Gasteiger charge is -2.18. The lowest BCUT2D eigenvalue weighted by Crippen LogP contribution is -2.11. The first-order valence-corrected chi connectivity index (χ1v) is 8.41. The fourth-order valence-electron chi connectivity index (χ4n) is 2.25. The molecule has 0 aliphatic carbocycles. The number of allylic oxidation sites excluding steroid dienone is 1. The van der Waals surface area contributed by atoms with Crippen LogP contribution in [0.3, 0.4) is 0 Å². The number of ether oxygens (including phenoxy) is 1. The molecule has 1 N–H and O–H groups in total. The molecule has 126 valence electrons. The predicted octanol–water partition coefficient (Wildman–Crippen LogP) is 5.36. The Kier molecular flexibility index (Phi) is 5.50. The zero-order valence-corrected chi connectivity index (χ0v) is 15.8. The third-order valence-electron chi connectivity index (χ3n) is 3.75. The topological polar surface area (TPSA) is 46.5 Å². The number of hydrogen-bond acceptors (Lipinski definition) is 3. The molecule has 0 amide bonds. The first kappa shape index (κ1) is 18.3. The largest absolute Gasteiger partial charge is 0.504 e. The van der Waals surface area contributed by atoms with E-state index in [9.17, 15) is 9.90 Å². The lowest BCUT2D eigenvalue weighted by atomic mass is 9.86. The molecule has 0 saturated heterocycles. The van der Waals surface area contributed by atoms with Crippen LogP contribution in [0.25, 0.3) is 6.08 Å². The minimum Gasteiger partial charge on any atom is -0.504 e. The molecule has 4 heteroatoms. The molecule has 0 aliphatic rings. The molecule has 0 saturated carbocycles. The Morgan fingerprint density at radius 3 is 2.33 bits per heavy atom. The molecule has 0 radical (unpaired) electrons. The molecule has 0 aliphatic heterocycles. The second-order valence-corrected chi connectivity index (χ2v) is 7.42. The maximum absolute atomic E-state index is 12.3. The molecule has 3 nitrogen and oxygen atoms in total. The summed E-state index contributed by atoms with van der Waals surface area (Å²) in [4.78, 5) is 12.3. The van der Waals surface area contributed by atoms with Gasteiger partial charge in [0.1, 0.15) is 0 Å². The van der Waals surface area contributed by atoms with E-state index in [0.29, 0.717) is 16.9 Å². The van der Waals surface area contributed by atoms with Crippen LogP contribution in [0.15, 0.2) is 46.9 Å². The van der Waals surface area contributed by atoms with Crippen molar-refractivity contribution in [3.63, 3.8) is 0 Å². The summed E-state index contributed by atoms with van der Waals surface area (Å²) in [5, 5.41) is 9.84. The summed E-state index contributed by atoms with van der Waals surface area (Å²) >= 11 is 3.41. The third kappa shape index (κ3) is 4.26. The number of carbonyl (C=O) groups excluding carboxylic acids is 1. The van der Waals surface area contributed by atoms with Crippen LogP contribution in [0, 0.1) is 0 Å². The van der Waals surface area contributed by atoms with Crippen molar-refractivity contribution in [2.75, 3.05) is 7.11 Å². The van der Waals surface area contributed by atoms with Gasteiger partial charge >= 0.3 is 0 Å². The molecule has 2 aromatic carbocycles. The second-order valence-electron chi connectivity index (χ2n) is 6.57. The normalized spacial score (nSPS) is 11.7. The van der Waals surface area contributed by atoms with E-state index in [1.807, 2.05) is 24.3 Å². The van der Waals surface area contributed by atoms with E-state index in [2.05, 4.69) is 36.7 Å². The summed E-state index contributed by atoms with van der Waals surface area (Å²) in [5.74, 6) is 0.322. The van der Waals surface area contributed by atoms with Crippen molar-refractivity contribution in [2.45, 2.75) is 26.2 Å². The van der Waals surface area contributed by atoms with Gasteiger partial charge in [0.25, 0.3) is 0 Å². The fourth-order valence-corrected chi connectivity index (χ4v) is 2.70. The molecular weight excluding hydrogens is 368 g/mol. The average molecular weight is 389 g/mol. The molecule has 0 bridgehead atoms. The van der Waals surface area contributed by atoms with Crippen LogP contribution in [0.4, 0.5) is 0 Å². The fraction of sp³-hybridized carbons (Fsp3) is 0.250. The summed E-state index contributed by atoms with van der Waals surface area (Å²) in [6.45, 7) is 6.41. The van der Waals surface area contributed by atoms with E-state index in [1.165, 1.54) is 18.7 Å². The number of methoxy groups -OCH3 is 1. The summed E-state index contributed by atoms with van der Waals surface area (Å²) in [6.07, 6.45) is 3.17. The maximum Gasteiger partial charge on any atom is 0.185 e. The maximum atomic E-state index is 12.3. The lowest BCUT2D eigenvalue weighted by molar-refractivity contribution is 0.104. The van der Waals surface area contributed by atoms with E-state index in [1.54, 1.807) is 18.2 Å². The quantitative estimate of drug-likeness (QED) is 0.566. The van der Waals surface area contributed by atoms with Crippen molar-refractivity contribution < 1.29 is 14.6 Å². The van der Waals surface area contributed by atoms with Crippen molar-refractivity contribution in [1.82, 2.24) is 0 Å². The highest BCUT2D eigenvalue weighted by atomic mass is 79.9. The highest BCUT2D eigenvalue weighted by Crippen LogP contribution is 2.33. The Morgan fingerprint density at radius 2 is 1.79 bits per heavy atom. The minimum absolute atomic E-state index is 0.0299. The summed E-state index contributed by atoms with van der Waals surface area (Å²) in [5.41, 5.74) is 2.58. The van der Waals surface area contributed by atoms with Crippen LogP contribution in [0.5, 0.6) is 11.5 Å². The highest BCUT2D eigenvalue weighted by molar-refractivity contribution is 9.10. The van der Waals surface area contributed by atoms with Crippen molar-refractivity contribution in [3.05, 3.63) is 63.6 Å². The highest BCUT2D eigenvalue weighted by Gasteiger charge is 2.13. The van der Waals surface area contributed by atoms with Gasteiger partial charge in [-0.3, -0.25) is 4.79 Å². The summed E-state index contributed by atoms with van der Waals surface area (Å²) < 4.78 is 5.78. The second kappa shape index (κ2) is 7.22. The van der Waals surface area contributed by atoms with Crippen molar-refractivity contribution >= 4 is 27.8 Å². The number of halogens is 1. The molecule has 24 heavy (non-hydrogen) atoms. The van der Waals surface area contributed by atoms with Gasteiger partial charge in [-0.2, -0.15) is 0 Å². The van der Waals surface area contributed by atoms with Crippen LogP contribution >= 0.6 is 15.9 Å².